The van der Waals surface area contributed by atoms with Crippen LogP contribution in [0.1, 0.15) is 11.4 Å². The highest BCUT2D eigenvalue weighted by Gasteiger charge is 2.06. The van der Waals surface area contributed by atoms with E-state index in [4.69, 9.17) is 5.11 Å². The molecule has 2 aromatic rings. The number of hydrogen-bond acceptors (Lipinski definition) is 3. The van der Waals surface area contributed by atoms with E-state index in [1.54, 1.807) is 4.68 Å². The van der Waals surface area contributed by atoms with Crippen molar-refractivity contribution in [2.75, 3.05) is 0 Å². The summed E-state index contributed by atoms with van der Waals surface area (Å²) in [4.78, 5) is 4.04. The predicted molar refractivity (Wildman–Crippen MR) is 59.2 cm³/mol. The molecule has 0 saturated carbocycles. The second-order valence-electron chi connectivity index (χ2n) is 3.10. The molecule has 4 nitrogen and oxygen atoms in total. The average Bonchev–Trinajstić information content (AvgIpc) is 2.60. The van der Waals surface area contributed by atoms with Gasteiger partial charge in [0.15, 0.2) is 5.82 Å². The normalized spacial score (nSPS) is 10.5. The van der Waals surface area contributed by atoms with Gasteiger partial charge in [-0.25, -0.2) is 9.67 Å². The Morgan fingerprint density at radius 2 is 2.00 bits per heavy atom. The average molecular weight is 268 g/mol. The molecular formula is C10H10BrN3O. The van der Waals surface area contributed by atoms with Gasteiger partial charge in [0, 0.05) is 0 Å². The minimum Gasteiger partial charge on any atom is -0.388 e. The van der Waals surface area contributed by atoms with E-state index in [-0.39, 0.29) is 6.61 Å². The summed E-state index contributed by atoms with van der Waals surface area (Å²) in [6, 6.07) is 9.93. The lowest BCUT2D eigenvalue weighted by Gasteiger charge is -2.03. The second-order valence-corrected chi connectivity index (χ2v) is 3.81. The molecule has 0 spiro atoms. The largest absolute Gasteiger partial charge is 0.388 e. The zero-order chi connectivity index (χ0) is 10.7. The Morgan fingerprint density at radius 3 is 2.67 bits per heavy atom. The Balaban J connectivity index is 2.24. The Bertz CT molecular complexity index is 441. The van der Waals surface area contributed by atoms with E-state index in [2.05, 4.69) is 26.0 Å². The van der Waals surface area contributed by atoms with Crippen molar-refractivity contribution in [2.24, 2.45) is 0 Å². The van der Waals surface area contributed by atoms with Crippen molar-refractivity contribution >= 4 is 15.9 Å². The molecule has 15 heavy (non-hydrogen) atoms. The molecule has 78 valence electrons. The molecule has 1 aromatic heterocycles. The molecule has 0 saturated heterocycles. The van der Waals surface area contributed by atoms with E-state index in [0.717, 1.165) is 5.56 Å². The first kappa shape index (κ1) is 10.3. The molecule has 1 heterocycles. The molecule has 1 N–H and O–H groups in total. The molecule has 0 amide bonds. The fourth-order valence-corrected chi connectivity index (χ4v) is 1.74. The molecule has 0 fully saturated rings. The third-order valence-electron chi connectivity index (χ3n) is 2.04. The first-order chi connectivity index (χ1) is 7.29. The van der Waals surface area contributed by atoms with Crippen LogP contribution >= 0.6 is 15.9 Å². The van der Waals surface area contributed by atoms with Crippen LogP contribution in [0.25, 0.3) is 0 Å². The second kappa shape index (κ2) is 4.55. The lowest BCUT2D eigenvalue weighted by atomic mass is 10.2. The number of aliphatic hydroxyl groups is 1. The Kier molecular flexibility index (Phi) is 3.13. The van der Waals surface area contributed by atoms with E-state index in [1.807, 2.05) is 30.3 Å². The Labute approximate surface area is 95.7 Å². The highest BCUT2D eigenvalue weighted by molar-refractivity contribution is 9.10. The third-order valence-corrected chi connectivity index (χ3v) is 2.37. The van der Waals surface area contributed by atoms with Crippen LogP contribution in [0.2, 0.25) is 0 Å². The highest BCUT2D eigenvalue weighted by Crippen LogP contribution is 2.08. The fraction of sp³-hybridized carbons (Fsp3) is 0.200. The Morgan fingerprint density at radius 1 is 1.27 bits per heavy atom. The van der Waals surface area contributed by atoms with Gasteiger partial charge in [-0.3, -0.25) is 0 Å². The quantitative estimate of drug-likeness (QED) is 0.919. The van der Waals surface area contributed by atoms with Crippen molar-refractivity contribution in [3.05, 3.63) is 46.5 Å². The van der Waals surface area contributed by atoms with Crippen LogP contribution in [0, 0.1) is 0 Å². The zero-order valence-corrected chi connectivity index (χ0v) is 9.55. The summed E-state index contributed by atoms with van der Waals surface area (Å²) in [6.45, 7) is 0.515. The first-order valence-corrected chi connectivity index (χ1v) is 5.33. The summed E-state index contributed by atoms with van der Waals surface area (Å²) in [5, 5.41) is 13.2. The molecule has 5 heteroatoms. The summed E-state index contributed by atoms with van der Waals surface area (Å²) >= 11 is 3.18. The van der Waals surface area contributed by atoms with Crippen molar-refractivity contribution in [1.82, 2.24) is 14.8 Å². The van der Waals surface area contributed by atoms with Gasteiger partial charge in [-0.05, 0) is 21.5 Å². The molecule has 0 aliphatic rings. The van der Waals surface area contributed by atoms with E-state index >= 15 is 0 Å². The number of halogens is 1. The fourth-order valence-electron chi connectivity index (χ4n) is 1.34. The number of aliphatic hydroxyl groups excluding tert-OH is 1. The van der Waals surface area contributed by atoms with Gasteiger partial charge in [-0.1, -0.05) is 30.3 Å². The summed E-state index contributed by atoms with van der Waals surface area (Å²) in [5.74, 6) is 0.561. The van der Waals surface area contributed by atoms with Crippen molar-refractivity contribution in [2.45, 2.75) is 13.2 Å². The lowest BCUT2D eigenvalue weighted by molar-refractivity contribution is 0.264. The topological polar surface area (TPSA) is 50.9 Å². The SMILES string of the molecule is OCc1nc(Br)nn1Cc1ccccc1. The molecule has 1 aromatic carbocycles. The third kappa shape index (κ3) is 2.43. The summed E-state index contributed by atoms with van der Waals surface area (Å²) in [5.41, 5.74) is 1.13. The molecule has 0 aliphatic carbocycles. The van der Waals surface area contributed by atoms with Gasteiger partial charge in [-0.15, -0.1) is 5.10 Å². The van der Waals surface area contributed by atoms with Gasteiger partial charge in [0.2, 0.25) is 4.73 Å². The van der Waals surface area contributed by atoms with Crippen LogP contribution in [0.3, 0.4) is 0 Å². The maximum Gasteiger partial charge on any atom is 0.217 e. The first-order valence-electron chi connectivity index (χ1n) is 4.53. The number of benzene rings is 1. The number of hydrogen-bond donors (Lipinski definition) is 1. The van der Waals surface area contributed by atoms with Crippen molar-refractivity contribution in [1.29, 1.82) is 0 Å². The molecule has 0 bridgehead atoms. The Hall–Kier alpha value is -1.20. The van der Waals surface area contributed by atoms with Crippen molar-refractivity contribution < 1.29 is 5.11 Å². The molecule has 0 aliphatic heterocycles. The summed E-state index contributed by atoms with van der Waals surface area (Å²) in [6.07, 6.45) is 0. The number of rotatable bonds is 3. The van der Waals surface area contributed by atoms with Gasteiger partial charge >= 0.3 is 0 Å². The van der Waals surface area contributed by atoms with Crippen LogP contribution in [-0.4, -0.2) is 19.9 Å². The van der Waals surface area contributed by atoms with Crippen LogP contribution < -0.4 is 0 Å². The van der Waals surface area contributed by atoms with Crippen LogP contribution in [-0.2, 0) is 13.2 Å². The molecule has 0 unspecified atom stereocenters. The van der Waals surface area contributed by atoms with Crippen LogP contribution in [0.5, 0.6) is 0 Å². The van der Waals surface area contributed by atoms with Gasteiger partial charge in [0.25, 0.3) is 0 Å². The van der Waals surface area contributed by atoms with Crippen molar-refractivity contribution in [3.63, 3.8) is 0 Å². The maximum absolute atomic E-state index is 9.07. The molecule has 0 radical (unpaired) electrons. The van der Waals surface area contributed by atoms with E-state index in [1.165, 1.54) is 0 Å². The van der Waals surface area contributed by atoms with E-state index in [9.17, 15) is 0 Å². The zero-order valence-electron chi connectivity index (χ0n) is 7.97. The number of aromatic nitrogens is 3. The molecule has 0 atom stereocenters. The molecular weight excluding hydrogens is 258 g/mol. The minimum atomic E-state index is -0.106. The maximum atomic E-state index is 9.07. The lowest BCUT2D eigenvalue weighted by Crippen LogP contribution is -2.06. The smallest absolute Gasteiger partial charge is 0.217 e. The van der Waals surface area contributed by atoms with Gasteiger partial charge < -0.3 is 5.11 Å². The summed E-state index contributed by atoms with van der Waals surface area (Å²) in [7, 11) is 0. The monoisotopic (exact) mass is 267 g/mol. The van der Waals surface area contributed by atoms with Gasteiger partial charge in [-0.2, -0.15) is 0 Å². The van der Waals surface area contributed by atoms with Crippen molar-refractivity contribution in [3.8, 4) is 0 Å². The van der Waals surface area contributed by atoms with Crippen LogP contribution in [0.4, 0.5) is 0 Å². The minimum absolute atomic E-state index is 0.106. The summed E-state index contributed by atoms with van der Waals surface area (Å²) < 4.78 is 2.18. The van der Waals surface area contributed by atoms with Gasteiger partial charge in [0.1, 0.15) is 6.61 Å². The van der Waals surface area contributed by atoms with Crippen LogP contribution in [0.15, 0.2) is 35.1 Å². The highest BCUT2D eigenvalue weighted by atomic mass is 79.9. The van der Waals surface area contributed by atoms with E-state index in [0.29, 0.717) is 17.1 Å². The molecule has 2 rings (SSSR count). The number of nitrogens with zero attached hydrogens (tertiary/aromatic N) is 3. The standard InChI is InChI=1S/C10H10BrN3O/c11-10-12-9(7-15)14(13-10)6-8-4-2-1-3-5-8/h1-5,15H,6-7H2. The van der Waals surface area contributed by atoms with Gasteiger partial charge in [0.05, 0.1) is 6.54 Å². The van der Waals surface area contributed by atoms with E-state index < -0.39 is 0 Å². The predicted octanol–water partition coefficient (Wildman–Crippen LogP) is 1.58.